The number of nitrogens with one attached hydrogen (secondary N) is 1. The quantitative estimate of drug-likeness (QED) is 0.914. The van der Waals surface area contributed by atoms with E-state index in [1.807, 2.05) is 45.4 Å². The summed E-state index contributed by atoms with van der Waals surface area (Å²) in [6.45, 7) is 10.5. The van der Waals surface area contributed by atoms with E-state index in [9.17, 15) is 4.79 Å². The predicted octanol–water partition coefficient (Wildman–Crippen LogP) is 2.11. The van der Waals surface area contributed by atoms with Gasteiger partial charge in [0.2, 0.25) is 11.8 Å². The van der Waals surface area contributed by atoms with E-state index in [-0.39, 0.29) is 11.4 Å². The molecule has 2 rings (SSSR count). The first-order chi connectivity index (χ1) is 10.3. The van der Waals surface area contributed by atoms with Crippen LogP contribution in [0.25, 0.3) is 11.6 Å². The van der Waals surface area contributed by atoms with Crippen LogP contribution >= 0.6 is 0 Å². The van der Waals surface area contributed by atoms with Crippen LogP contribution in [0.15, 0.2) is 10.5 Å². The van der Waals surface area contributed by atoms with Crippen LogP contribution in [0.4, 0.5) is 0 Å². The highest BCUT2D eigenvalue weighted by molar-refractivity contribution is 5.76. The van der Waals surface area contributed by atoms with Crippen LogP contribution in [0.5, 0.6) is 0 Å². The summed E-state index contributed by atoms with van der Waals surface area (Å²) in [6.07, 6.45) is 0.749. The van der Waals surface area contributed by atoms with Crippen LogP contribution in [-0.2, 0) is 17.8 Å². The summed E-state index contributed by atoms with van der Waals surface area (Å²) in [4.78, 5) is 11.8. The van der Waals surface area contributed by atoms with Gasteiger partial charge in [0, 0.05) is 24.9 Å². The van der Waals surface area contributed by atoms with Crippen LogP contribution in [0.1, 0.15) is 45.7 Å². The molecule has 120 valence electrons. The Hall–Kier alpha value is -2.18. The van der Waals surface area contributed by atoms with Crippen molar-refractivity contribution < 1.29 is 9.21 Å². The molecule has 0 atom stereocenters. The summed E-state index contributed by atoms with van der Waals surface area (Å²) in [5.41, 5.74) is 1.47. The Bertz CT molecular complexity index is 651. The molecule has 0 saturated carbocycles. The van der Waals surface area contributed by atoms with Gasteiger partial charge in [0.1, 0.15) is 5.69 Å². The first-order valence-electron chi connectivity index (χ1n) is 7.46. The predicted molar refractivity (Wildman–Crippen MR) is 82.1 cm³/mol. The smallest absolute Gasteiger partial charge is 0.265 e. The van der Waals surface area contributed by atoms with Gasteiger partial charge >= 0.3 is 0 Å². The summed E-state index contributed by atoms with van der Waals surface area (Å²) < 4.78 is 7.46. The number of aryl methyl sites for hydroxylation is 3. The van der Waals surface area contributed by atoms with Crippen molar-refractivity contribution in [3.8, 4) is 11.6 Å². The lowest BCUT2D eigenvalue weighted by atomic mass is 10.1. The molecule has 0 aliphatic carbocycles. The number of carbonyl (C=O) groups excluding carboxylic acids is 1. The van der Waals surface area contributed by atoms with Crippen LogP contribution in [0.2, 0.25) is 0 Å². The molecule has 0 spiro atoms. The molecular weight excluding hydrogens is 282 g/mol. The van der Waals surface area contributed by atoms with Crippen molar-refractivity contribution in [2.24, 2.45) is 0 Å². The van der Waals surface area contributed by atoms with Crippen molar-refractivity contribution in [3.63, 3.8) is 0 Å². The highest BCUT2D eigenvalue weighted by Crippen LogP contribution is 2.19. The monoisotopic (exact) mass is 305 g/mol. The number of aromatic nitrogens is 4. The van der Waals surface area contributed by atoms with E-state index in [0.29, 0.717) is 24.6 Å². The number of carbonyl (C=O) groups is 1. The van der Waals surface area contributed by atoms with Gasteiger partial charge < -0.3 is 9.73 Å². The van der Waals surface area contributed by atoms with Crippen LogP contribution in [0.3, 0.4) is 0 Å². The summed E-state index contributed by atoms with van der Waals surface area (Å²) in [5, 5.41) is 15.3. The van der Waals surface area contributed by atoms with Crippen molar-refractivity contribution in [1.29, 1.82) is 0 Å². The first kappa shape index (κ1) is 16.2. The minimum absolute atomic E-state index is 0.0262. The molecular formula is C15H23N5O2. The Morgan fingerprint density at radius 2 is 2.09 bits per heavy atom. The molecule has 0 saturated heterocycles. The van der Waals surface area contributed by atoms with Crippen molar-refractivity contribution in [2.75, 3.05) is 0 Å². The molecule has 0 aliphatic rings. The third-order valence-corrected chi connectivity index (χ3v) is 2.97. The van der Waals surface area contributed by atoms with E-state index in [2.05, 4.69) is 20.6 Å². The van der Waals surface area contributed by atoms with Crippen molar-refractivity contribution in [2.45, 2.75) is 59.5 Å². The first-order valence-corrected chi connectivity index (χ1v) is 7.46. The molecule has 1 amide bonds. The van der Waals surface area contributed by atoms with E-state index < -0.39 is 0 Å². The second-order valence-electron chi connectivity index (χ2n) is 6.29. The van der Waals surface area contributed by atoms with Gasteiger partial charge in [0.15, 0.2) is 0 Å². The molecule has 2 heterocycles. The molecule has 0 unspecified atom stereocenters. The lowest BCUT2D eigenvalue weighted by Crippen LogP contribution is -2.40. The van der Waals surface area contributed by atoms with Gasteiger partial charge in [-0.25, -0.2) is 0 Å². The Labute approximate surface area is 130 Å². The second kappa shape index (κ2) is 6.29. The molecule has 0 aliphatic heterocycles. The van der Waals surface area contributed by atoms with Crippen LogP contribution < -0.4 is 5.32 Å². The lowest BCUT2D eigenvalue weighted by molar-refractivity contribution is -0.122. The fraction of sp³-hybridized carbons (Fsp3) is 0.600. The van der Waals surface area contributed by atoms with Gasteiger partial charge in [-0.15, -0.1) is 10.2 Å². The highest BCUT2D eigenvalue weighted by atomic mass is 16.4. The van der Waals surface area contributed by atoms with Gasteiger partial charge in [-0.05, 0) is 40.7 Å². The van der Waals surface area contributed by atoms with Gasteiger partial charge in [-0.1, -0.05) is 0 Å². The highest BCUT2D eigenvalue weighted by Gasteiger charge is 2.17. The summed E-state index contributed by atoms with van der Waals surface area (Å²) >= 11 is 0. The fourth-order valence-corrected chi connectivity index (χ4v) is 2.12. The van der Waals surface area contributed by atoms with Gasteiger partial charge in [0.05, 0.1) is 5.69 Å². The molecule has 7 nitrogen and oxygen atoms in total. The van der Waals surface area contributed by atoms with Crippen molar-refractivity contribution >= 4 is 5.91 Å². The number of hydrogen-bond acceptors (Lipinski definition) is 5. The van der Waals surface area contributed by atoms with E-state index in [1.165, 1.54) is 0 Å². The third kappa shape index (κ3) is 4.16. The summed E-state index contributed by atoms with van der Waals surface area (Å²) in [7, 11) is 0. The maximum absolute atomic E-state index is 11.8. The largest absolute Gasteiger partial charge is 0.419 e. The Morgan fingerprint density at radius 1 is 1.36 bits per heavy atom. The molecule has 0 bridgehead atoms. The Balaban J connectivity index is 2.01. The van der Waals surface area contributed by atoms with E-state index in [0.717, 1.165) is 17.9 Å². The van der Waals surface area contributed by atoms with Crippen LogP contribution in [-0.4, -0.2) is 31.4 Å². The van der Waals surface area contributed by atoms with E-state index >= 15 is 0 Å². The fourth-order valence-electron chi connectivity index (χ4n) is 2.12. The number of rotatable bonds is 5. The molecule has 22 heavy (non-hydrogen) atoms. The van der Waals surface area contributed by atoms with Gasteiger partial charge in [-0.2, -0.15) is 5.10 Å². The average Bonchev–Trinajstić information content (AvgIpc) is 3.00. The van der Waals surface area contributed by atoms with Gasteiger partial charge in [0.25, 0.3) is 5.89 Å². The number of hydrogen-bond donors (Lipinski definition) is 1. The molecule has 1 N–H and O–H groups in total. The summed E-state index contributed by atoms with van der Waals surface area (Å²) in [5.74, 6) is 0.871. The standard InChI is InChI=1S/C15H23N5O2/c1-6-20-11(9-10(2)19-20)14-18-17-13(22-14)8-7-12(21)16-15(3,4)5/h9H,6-8H2,1-5H3,(H,16,21). The molecule has 7 heteroatoms. The second-order valence-corrected chi connectivity index (χ2v) is 6.29. The van der Waals surface area contributed by atoms with Gasteiger partial charge in [-0.3, -0.25) is 9.48 Å². The Kier molecular flexibility index (Phi) is 4.63. The normalized spacial score (nSPS) is 11.7. The van der Waals surface area contributed by atoms with Crippen LogP contribution in [0, 0.1) is 6.92 Å². The number of nitrogens with zero attached hydrogens (tertiary/aromatic N) is 4. The van der Waals surface area contributed by atoms with E-state index in [1.54, 1.807) is 0 Å². The zero-order chi connectivity index (χ0) is 16.3. The minimum Gasteiger partial charge on any atom is -0.419 e. The van der Waals surface area contributed by atoms with E-state index in [4.69, 9.17) is 4.42 Å². The Morgan fingerprint density at radius 3 is 2.73 bits per heavy atom. The minimum atomic E-state index is -0.234. The molecule has 0 fully saturated rings. The zero-order valence-corrected chi connectivity index (χ0v) is 13.8. The topological polar surface area (TPSA) is 85.8 Å². The average molecular weight is 305 g/mol. The number of amides is 1. The maximum atomic E-state index is 11.8. The van der Waals surface area contributed by atoms with Crippen molar-refractivity contribution in [1.82, 2.24) is 25.3 Å². The summed E-state index contributed by atoms with van der Waals surface area (Å²) in [6, 6.07) is 1.91. The SMILES string of the molecule is CCn1nc(C)cc1-c1nnc(CCC(=O)NC(C)(C)C)o1. The lowest BCUT2D eigenvalue weighted by Gasteiger charge is -2.20. The molecule has 0 radical (unpaired) electrons. The van der Waals surface area contributed by atoms with Crippen molar-refractivity contribution in [3.05, 3.63) is 17.7 Å². The maximum Gasteiger partial charge on any atom is 0.265 e. The zero-order valence-electron chi connectivity index (χ0n) is 13.8. The molecule has 2 aromatic rings. The third-order valence-electron chi connectivity index (χ3n) is 2.97. The molecule has 0 aromatic carbocycles. The molecule has 2 aromatic heterocycles.